The molecule has 0 aliphatic rings. The normalized spacial score (nSPS) is 10.2. The second-order valence-corrected chi connectivity index (χ2v) is 6.07. The number of rotatable bonds is 7. The predicted octanol–water partition coefficient (Wildman–Crippen LogP) is 4.62. The lowest BCUT2D eigenvalue weighted by molar-refractivity contribution is -0.118. The molecule has 0 saturated carbocycles. The Bertz CT molecular complexity index is 846. The van der Waals surface area contributed by atoms with Gasteiger partial charge >= 0.3 is 0 Å². The summed E-state index contributed by atoms with van der Waals surface area (Å²) in [5.74, 6) is 0.496. The van der Waals surface area contributed by atoms with E-state index in [4.69, 9.17) is 4.74 Å². The lowest BCUT2D eigenvalue weighted by atomic mass is 10.2. The highest BCUT2D eigenvalue weighted by molar-refractivity contribution is 5.91. The fourth-order valence-electron chi connectivity index (χ4n) is 2.49. The number of carbonyl (C=O) groups is 1. The van der Waals surface area contributed by atoms with Crippen LogP contribution >= 0.6 is 0 Å². The van der Waals surface area contributed by atoms with Crippen molar-refractivity contribution < 1.29 is 9.53 Å². The maximum Gasteiger partial charge on any atom is 0.262 e. The summed E-state index contributed by atoms with van der Waals surface area (Å²) in [6.45, 7) is 2.73. The molecule has 0 atom stereocenters. The van der Waals surface area contributed by atoms with E-state index in [-0.39, 0.29) is 12.5 Å². The maximum absolute atomic E-state index is 12.0. The fourth-order valence-corrected chi connectivity index (χ4v) is 2.49. The molecule has 3 aromatic carbocycles. The first-order valence-corrected chi connectivity index (χ1v) is 8.56. The molecule has 0 unspecified atom stereocenters. The molecule has 0 heterocycles. The molecule has 0 aromatic heterocycles. The van der Waals surface area contributed by atoms with Crippen molar-refractivity contribution in [1.82, 2.24) is 0 Å². The van der Waals surface area contributed by atoms with Gasteiger partial charge in [0.2, 0.25) is 0 Å². The molecule has 4 heteroatoms. The number of nitrogens with one attached hydrogen (secondary N) is 2. The van der Waals surface area contributed by atoms with E-state index in [2.05, 4.69) is 41.8 Å². The zero-order chi connectivity index (χ0) is 18.2. The second kappa shape index (κ2) is 8.72. The molecular weight excluding hydrogens is 324 g/mol. The van der Waals surface area contributed by atoms with Crippen LogP contribution in [0.15, 0.2) is 78.9 Å². The monoisotopic (exact) mass is 346 g/mol. The molecular formula is C22H22N2O2. The molecule has 2 N–H and O–H groups in total. The van der Waals surface area contributed by atoms with Crippen molar-refractivity contribution in [2.24, 2.45) is 0 Å². The zero-order valence-corrected chi connectivity index (χ0v) is 14.7. The summed E-state index contributed by atoms with van der Waals surface area (Å²) in [7, 11) is 0. The third-order valence-corrected chi connectivity index (χ3v) is 3.87. The van der Waals surface area contributed by atoms with Crippen LogP contribution in [0.4, 0.5) is 11.4 Å². The van der Waals surface area contributed by atoms with Crippen molar-refractivity contribution >= 4 is 17.3 Å². The molecule has 0 fully saturated rings. The molecule has 0 spiro atoms. The quantitative estimate of drug-likeness (QED) is 0.656. The lowest BCUT2D eigenvalue weighted by Crippen LogP contribution is -2.20. The van der Waals surface area contributed by atoms with Gasteiger partial charge in [0, 0.05) is 17.9 Å². The minimum atomic E-state index is -0.181. The average Bonchev–Trinajstić information content (AvgIpc) is 2.67. The van der Waals surface area contributed by atoms with Gasteiger partial charge in [0.05, 0.1) is 0 Å². The lowest BCUT2D eigenvalue weighted by Gasteiger charge is -2.10. The third-order valence-electron chi connectivity index (χ3n) is 3.87. The number of aryl methyl sites for hydroxylation is 1. The van der Waals surface area contributed by atoms with E-state index in [0.717, 1.165) is 16.9 Å². The highest BCUT2D eigenvalue weighted by atomic mass is 16.5. The number of anilines is 2. The number of benzene rings is 3. The van der Waals surface area contributed by atoms with Gasteiger partial charge in [0.1, 0.15) is 5.75 Å². The summed E-state index contributed by atoms with van der Waals surface area (Å²) >= 11 is 0. The zero-order valence-electron chi connectivity index (χ0n) is 14.7. The number of ether oxygens (including phenoxy) is 1. The Balaban J connectivity index is 1.50. The van der Waals surface area contributed by atoms with Crippen molar-refractivity contribution in [3.8, 4) is 5.75 Å². The smallest absolute Gasteiger partial charge is 0.262 e. The van der Waals surface area contributed by atoms with Crippen LogP contribution in [0.2, 0.25) is 0 Å². The fraction of sp³-hybridized carbons (Fsp3) is 0.136. The van der Waals surface area contributed by atoms with Crippen LogP contribution in [-0.2, 0) is 11.3 Å². The summed E-state index contributed by atoms with van der Waals surface area (Å²) in [5, 5.41) is 6.18. The van der Waals surface area contributed by atoms with E-state index in [9.17, 15) is 4.79 Å². The van der Waals surface area contributed by atoms with Gasteiger partial charge in [0.25, 0.3) is 5.91 Å². The molecule has 1 amide bonds. The number of amides is 1. The van der Waals surface area contributed by atoms with Crippen molar-refractivity contribution in [1.29, 1.82) is 0 Å². The SMILES string of the molecule is Cc1ccc(NCc2cccc(OCC(=O)Nc3ccccc3)c2)cc1. The van der Waals surface area contributed by atoms with Crippen LogP contribution in [0.5, 0.6) is 5.75 Å². The molecule has 3 aromatic rings. The van der Waals surface area contributed by atoms with Gasteiger partial charge in [-0.05, 0) is 48.9 Å². The van der Waals surface area contributed by atoms with Crippen molar-refractivity contribution in [2.75, 3.05) is 17.2 Å². The molecule has 3 rings (SSSR count). The molecule has 132 valence electrons. The van der Waals surface area contributed by atoms with Crippen LogP contribution in [-0.4, -0.2) is 12.5 Å². The summed E-state index contributed by atoms with van der Waals surface area (Å²) < 4.78 is 5.61. The molecule has 4 nitrogen and oxygen atoms in total. The van der Waals surface area contributed by atoms with Gasteiger partial charge in [-0.1, -0.05) is 48.0 Å². The Morgan fingerprint density at radius 2 is 1.65 bits per heavy atom. The Morgan fingerprint density at radius 3 is 2.42 bits per heavy atom. The van der Waals surface area contributed by atoms with E-state index < -0.39 is 0 Å². The first-order valence-electron chi connectivity index (χ1n) is 8.56. The Kier molecular flexibility index (Phi) is 5.88. The van der Waals surface area contributed by atoms with Crippen LogP contribution in [0, 0.1) is 6.92 Å². The minimum absolute atomic E-state index is 0.0241. The first kappa shape index (κ1) is 17.5. The number of carbonyl (C=O) groups excluding carboxylic acids is 1. The van der Waals surface area contributed by atoms with E-state index in [0.29, 0.717) is 12.3 Å². The minimum Gasteiger partial charge on any atom is -0.484 e. The highest BCUT2D eigenvalue weighted by Gasteiger charge is 2.04. The standard InChI is InChI=1S/C22H22N2O2/c1-17-10-12-19(13-11-17)23-15-18-6-5-9-21(14-18)26-16-22(25)24-20-7-3-2-4-8-20/h2-14,23H,15-16H2,1H3,(H,24,25). The molecule has 0 aliphatic heterocycles. The summed E-state index contributed by atoms with van der Waals surface area (Å²) in [6.07, 6.45) is 0. The molecule has 0 aliphatic carbocycles. The summed E-state index contributed by atoms with van der Waals surface area (Å²) in [6, 6.07) is 25.4. The van der Waals surface area contributed by atoms with E-state index in [1.165, 1.54) is 5.56 Å². The van der Waals surface area contributed by atoms with Gasteiger partial charge in [-0.25, -0.2) is 0 Å². The third kappa shape index (κ3) is 5.38. The highest BCUT2D eigenvalue weighted by Crippen LogP contribution is 2.16. The maximum atomic E-state index is 12.0. The molecule has 0 saturated heterocycles. The van der Waals surface area contributed by atoms with E-state index in [1.807, 2.05) is 54.6 Å². The van der Waals surface area contributed by atoms with Gasteiger partial charge in [-0.3, -0.25) is 4.79 Å². The summed E-state index contributed by atoms with van der Waals surface area (Å²) in [5.41, 5.74) is 4.16. The first-order chi connectivity index (χ1) is 12.7. The van der Waals surface area contributed by atoms with E-state index in [1.54, 1.807) is 0 Å². The van der Waals surface area contributed by atoms with E-state index >= 15 is 0 Å². The molecule has 0 bridgehead atoms. The van der Waals surface area contributed by atoms with Gasteiger partial charge in [0.15, 0.2) is 6.61 Å². The van der Waals surface area contributed by atoms with Crippen LogP contribution in [0.3, 0.4) is 0 Å². The van der Waals surface area contributed by atoms with Crippen LogP contribution < -0.4 is 15.4 Å². The van der Waals surface area contributed by atoms with Crippen molar-refractivity contribution in [3.05, 3.63) is 90.0 Å². The summed E-state index contributed by atoms with van der Waals surface area (Å²) in [4.78, 5) is 12.0. The number of para-hydroxylation sites is 1. The van der Waals surface area contributed by atoms with Crippen LogP contribution in [0.1, 0.15) is 11.1 Å². The molecule has 0 radical (unpaired) electrons. The van der Waals surface area contributed by atoms with Gasteiger partial charge < -0.3 is 15.4 Å². The van der Waals surface area contributed by atoms with Crippen LogP contribution in [0.25, 0.3) is 0 Å². The predicted molar refractivity (Wildman–Crippen MR) is 106 cm³/mol. The number of hydrogen-bond donors (Lipinski definition) is 2. The average molecular weight is 346 g/mol. The Labute approximate surface area is 153 Å². The largest absolute Gasteiger partial charge is 0.484 e. The van der Waals surface area contributed by atoms with Crippen molar-refractivity contribution in [3.63, 3.8) is 0 Å². The van der Waals surface area contributed by atoms with Gasteiger partial charge in [-0.2, -0.15) is 0 Å². The molecule has 26 heavy (non-hydrogen) atoms. The van der Waals surface area contributed by atoms with Crippen molar-refractivity contribution in [2.45, 2.75) is 13.5 Å². The Hall–Kier alpha value is -3.27. The Morgan fingerprint density at radius 1 is 0.885 bits per heavy atom. The number of hydrogen-bond acceptors (Lipinski definition) is 3. The topological polar surface area (TPSA) is 50.4 Å². The van der Waals surface area contributed by atoms with Gasteiger partial charge in [-0.15, -0.1) is 0 Å². The second-order valence-electron chi connectivity index (χ2n) is 6.07.